The first-order valence-corrected chi connectivity index (χ1v) is 11.8. The molecule has 1 amide bonds. The summed E-state index contributed by atoms with van der Waals surface area (Å²) in [6.07, 6.45) is 2.64. The first-order valence-electron chi connectivity index (χ1n) is 10.3. The Morgan fingerprint density at radius 2 is 1.87 bits per heavy atom. The molecule has 1 saturated heterocycles. The molecule has 1 aliphatic carbocycles. The van der Waals surface area contributed by atoms with Gasteiger partial charge in [0.15, 0.2) is 6.23 Å². The highest BCUT2D eigenvalue weighted by Gasteiger charge is 2.43. The number of hydrogen-bond acceptors (Lipinski definition) is 7. The van der Waals surface area contributed by atoms with E-state index >= 15 is 0 Å². The van der Waals surface area contributed by atoms with Crippen molar-refractivity contribution in [1.29, 1.82) is 0 Å². The lowest BCUT2D eigenvalue weighted by atomic mass is 9.90. The summed E-state index contributed by atoms with van der Waals surface area (Å²) in [5.41, 5.74) is 1.35. The van der Waals surface area contributed by atoms with Crippen LogP contribution in [0.25, 0.3) is 0 Å². The van der Waals surface area contributed by atoms with Gasteiger partial charge in [-0.3, -0.25) is 5.21 Å². The standard InChI is InChI=1S/C20H30N2O7S/c1-14-12-22(19(15(2)28-14)29-20(23)21-24)30(25,26)18-10-8-17(9-11-18)27-13-16-6-4-3-5-7-16/h8-11,14-16,19,24H,3-7,12-13H2,1-2H3,(H,21,23)/t14-,15-,19+/m0/s1. The number of carbonyl (C=O) groups is 1. The summed E-state index contributed by atoms with van der Waals surface area (Å²) >= 11 is 0. The molecule has 2 N–H and O–H groups in total. The molecule has 2 fully saturated rings. The molecular weight excluding hydrogens is 412 g/mol. The van der Waals surface area contributed by atoms with E-state index in [1.54, 1.807) is 26.0 Å². The number of nitrogens with zero attached hydrogens (tertiary/aromatic N) is 1. The second-order valence-corrected chi connectivity index (χ2v) is 9.81. The van der Waals surface area contributed by atoms with E-state index in [4.69, 9.17) is 19.4 Å². The normalized spacial score (nSPS) is 26.2. The van der Waals surface area contributed by atoms with Gasteiger partial charge in [0.1, 0.15) is 11.9 Å². The Kier molecular flexibility index (Phi) is 7.56. The molecule has 9 nitrogen and oxygen atoms in total. The van der Waals surface area contributed by atoms with Crippen molar-refractivity contribution in [2.75, 3.05) is 13.2 Å². The number of amides is 1. The van der Waals surface area contributed by atoms with Crippen LogP contribution in [0.4, 0.5) is 4.79 Å². The maximum Gasteiger partial charge on any atom is 0.432 e. The van der Waals surface area contributed by atoms with E-state index in [-0.39, 0.29) is 17.5 Å². The predicted molar refractivity (Wildman–Crippen MR) is 108 cm³/mol. The summed E-state index contributed by atoms with van der Waals surface area (Å²) in [6.45, 7) is 3.99. The minimum atomic E-state index is -3.97. The van der Waals surface area contributed by atoms with Crippen LogP contribution in [0.15, 0.2) is 29.2 Å². The van der Waals surface area contributed by atoms with E-state index < -0.39 is 28.4 Å². The number of morpholine rings is 1. The topological polar surface area (TPSA) is 114 Å². The Labute approximate surface area is 177 Å². The Bertz CT molecular complexity index is 809. The minimum absolute atomic E-state index is 0.00990. The van der Waals surface area contributed by atoms with Crippen LogP contribution in [0, 0.1) is 5.92 Å². The fourth-order valence-electron chi connectivity index (χ4n) is 4.00. The number of carbonyl (C=O) groups excluding carboxylic acids is 1. The number of hydroxylamine groups is 1. The van der Waals surface area contributed by atoms with Crippen molar-refractivity contribution in [3.8, 4) is 5.75 Å². The van der Waals surface area contributed by atoms with Gasteiger partial charge in [-0.05, 0) is 56.9 Å². The number of nitrogens with one attached hydrogen (secondary N) is 1. The largest absolute Gasteiger partial charge is 0.493 e. The van der Waals surface area contributed by atoms with Crippen molar-refractivity contribution in [3.05, 3.63) is 24.3 Å². The highest BCUT2D eigenvalue weighted by Crippen LogP contribution is 2.29. The number of rotatable bonds is 6. The van der Waals surface area contributed by atoms with Gasteiger partial charge < -0.3 is 14.2 Å². The van der Waals surface area contributed by atoms with Crippen molar-refractivity contribution in [3.63, 3.8) is 0 Å². The number of ether oxygens (including phenoxy) is 3. The monoisotopic (exact) mass is 442 g/mol. The quantitative estimate of drug-likeness (QED) is 0.514. The number of sulfonamides is 1. The molecule has 1 aromatic carbocycles. The Morgan fingerprint density at radius 1 is 1.20 bits per heavy atom. The van der Waals surface area contributed by atoms with Crippen LogP contribution in [-0.4, -0.2) is 55.6 Å². The lowest BCUT2D eigenvalue weighted by molar-refractivity contribution is -0.151. The van der Waals surface area contributed by atoms with Gasteiger partial charge >= 0.3 is 6.09 Å². The molecule has 30 heavy (non-hydrogen) atoms. The van der Waals surface area contributed by atoms with Crippen LogP contribution in [0.1, 0.15) is 46.0 Å². The van der Waals surface area contributed by atoms with Crippen molar-refractivity contribution in [1.82, 2.24) is 9.79 Å². The molecule has 0 radical (unpaired) electrons. The van der Waals surface area contributed by atoms with Crippen LogP contribution in [0.5, 0.6) is 5.75 Å². The van der Waals surface area contributed by atoms with Gasteiger partial charge in [0, 0.05) is 6.54 Å². The van der Waals surface area contributed by atoms with Crippen molar-refractivity contribution in [2.45, 2.75) is 69.3 Å². The zero-order chi connectivity index (χ0) is 21.7. The lowest BCUT2D eigenvalue weighted by Gasteiger charge is -2.40. The fraction of sp³-hybridized carbons (Fsp3) is 0.650. The maximum atomic E-state index is 13.2. The molecule has 168 valence electrons. The highest BCUT2D eigenvalue weighted by atomic mass is 32.2. The smallest absolute Gasteiger partial charge is 0.432 e. The van der Waals surface area contributed by atoms with E-state index in [0.29, 0.717) is 18.3 Å². The van der Waals surface area contributed by atoms with E-state index in [9.17, 15) is 13.2 Å². The summed E-state index contributed by atoms with van der Waals surface area (Å²) in [5.74, 6) is 1.17. The summed E-state index contributed by atoms with van der Waals surface area (Å²) in [7, 11) is -3.97. The SMILES string of the molecule is C[C@@H]1O[C@@H](C)CN(S(=O)(=O)c2ccc(OCC3CCCCC3)cc2)[C@@H]1OC(=O)NO. The molecule has 0 bridgehead atoms. The van der Waals surface area contributed by atoms with E-state index in [1.165, 1.54) is 49.7 Å². The maximum absolute atomic E-state index is 13.2. The van der Waals surface area contributed by atoms with Crippen LogP contribution in [0.2, 0.25) is 0 Å². The minimum Gasteiger partial charge on any atom is -0.493 e. The Morgan fingerprint density at radius 3 is 2.50 bits per heavy atom. The van der Waals surface area contributed by atoms with Crippen LogP contribution >= 0.6 is 0 Å². The molecule has 2 aliphatic rings. The second kappa shape index (κ2) is 9.95. The fourth-order valence-corrected chi connectivity index (χ4v) is 5.65. The highest BCUT2D eigenvalue weighted by molar-refractivity contribution is 7.89. The van der Waals surface area contributed by atoms with Gasteiger partial charge in [-0.1, -0.05) is 19.3 Å². The zero-order valence-electron chi connectivity index (χ0n) is 17.3. The van der Waals surface area contributed by atoms with Gasteiger partial charge in [-0.15, -0.1) is 0 Å². The second-order valence-electron chi connectivity index (χ2n) is 7.92. The van der Waals surface area contributed by atoms with Gasteiger partial charge in [0.2, 0.25) is 10.0 Å². The van der Waals surface area contributed by atoms with Crippen LogP contribution < -0.4 is 10.2 Å². The predicted octanol–water partition coefficient (Wildman–Crippen LogP) is 2.89. The van der Waals surface area contributed by atoms with Crippen molar-refractivity contribution >= 4 is 16.1 Å². The van der Waals surface area contributed by atoms with Gasteiger partial charge in [0.25, 0.3) is 0 Å². The summed E-state index contributed by atoms with van der Waals surface area (Å²) in [5, 5.41) is 8.74. The third kappa shape index (κ3) is 5.42. The molecule has 10 heteroatoms. The summed E-state index contributed by atoms with van der Waals surface area (Å²) in [6, 6.07) is 6.25. The third-order valence-corrected chi connectivity index (χ3v) is 7.37. The van der Waals surface area contributed by atoms with E-state index in [2.05, 4.69) is 0 Å². The molecule has 1 aliphatic heterocycles. The van der Waals surface area contributed by atoms with Gasteiger partial charge in [0.05, 0.1) is 17.6 Å². The molecular formula is C20H30N2O7S. The van der Waals surface area contributed by atoms with Crippen LogP contribution in [-0.2, 0) is 19.5 Å². The molecule has 1 aromatic rings. The first kappa shape index (κ1) is 22.8. The zero-order valence-corrected chi connectivity index (χ0v) is 18.1. The van der Waals surface area contributed by atoms with Crippen LogP contribution in [0.3, 0.4) is 0 Å². The Balaban J connectivity index is 1.72. The average molecular weight is 443 g/mol. The molecule has 1 saturated carbocycles. The molecule has 3 atom stereocenters. The molecule has 0 unspecified atom stereocenters. The van der Waals surface area contributed by atoms with Crippen molar-refractivity contribution in [2.24, 2.45) is 5.92 Å². The van der Waals surface area contributed by atoms with Crippen molar-refractivity contribution < 1.29 is 32.6 Å². The number of hydrogen-bond donors (Lipinski definition) is 2. The van der Waals surface area contributed by atoms with Gasteiger partial charge in [-0.25, -0.2) is 18.7 Å². The molecule has 0 aromatic heterocycles. The summed E-state index contributed by atoms with van der Waals surface area (Å²) in [4.78, 5) is 11.5. The summed E-state index contributed by atoms with van der Waals surface area (Å²) < 4.78 is 44.0. The van der Waals surface area contributed by atoms with E-state index in [1.807, 2.05) is 0 Å². The molecule has 3 rings (SSSR count). The third-order valence-electron chi connectivity index (χ3n) is 5.53. The first-order chi connectivity index (χ1) is 14.3. The van der Waals surface area contributed by atoms with Gasteiger partial charge in [-0.2, -0.15) is 4.31 Å². The number of benzene rings is 1. The Hall–Kier alpha value is -1.88. The van der Waals surface area contributed by atoms with E-state index in [0.717, 1.165) is 4.31 Å². The molecule has 1 heterocycles. The molecule has 0 spiro atoms. The lowest BCUT2D eigenvalue weighted by Crippen LogP contribution is -2.57. The average Bonchev–Trinajstić information content (AvgIpc) is 2.74.